The predicted molar refractivity (Wildman–Crippen MR) is 151 cm³/mol. The molecule has 2 heterocycles. The van der Waals surface area contributed by atoms with Crippen LogP contribution in [0.4, 0.5) is 24.7 Å². The lowest BCUT2D eigenvalue weighted by molar-refractivity contribution is -0.141. The minimum atomic E-state index is -4.63. The number of ether oxygens (including phenoxy) is 4. The first kappa shape index (κ1) is 30.3. The Balaban J connectivity index is 1.26. The maximum absolute atomic E-state index is 13.7. The summed E-state index contributed by atoms with van der Waals surface area (Å²) in [5, 5.41) is 5.27. The van der Waals surface area contributed by atoms with Gasteiger partial charge in [-0.05, 0) is 74.6 Å². The van der Waals surface area contributed by atoms with Crippen molar-refractivity contribution >= 4 is 23.3 Å². The average molecular weight is 600 g/mol. The second kappa shape index (κ2) is 12.2. The van der Waals surface area contributed by atoms with E-state index < -0.39 is 29.5 Å². The molecule has 9 nitrogen and oxygen atoms in total. The number of amides is 2. The molecular formula is C31H32F3N3O6. The van der Waals surface area contributed by atoms with Crippen molar-refractivity contribution in [1.29, 1.82) is 0 Å². The normalized spacial score (nSPS) is 19.3. The number of rotatable bonds is 8. The summed E-state index contributed by atoms with van der Waals surface area (Å²) in [5.41, 5.74) is 1.04. The van der Waals surface area contributed by atoms with Crippen molar-refractivity contribution in [2.24, 2.45) is 5.92 Å². The Morgan fingerprint density at radius 2 is 1.81 bits per heavy atom. The Kier molecular flexibility index (Phi) is 8.61. The van der Waals surface area contributed by atoms with Gasteiger partial charge in [0.25, 0.3) is 0 Å². The molecular weight excluding hydrogens is 567 g/mol. The lowest BCUT2D eigenvalue weighted by Gasteiger charge is -2.25. The lowest BCUT2D eigenvalue weighted by Crippen LogP contribution is -2.28. The standard InChI is InChI=1S/C31H32F3N3O6/c1-18(38)36-28-15-25(8-9-35-28)42-24-7-6-19-4-5-20(10-21(19)11-24)29(39)37-23-12-22(31(32,33)34)13-26(14-23)40-16-27-17-41-30(2,3)43-27/h6-9,11-15,20,27H,4-5,10,16-17H2,1-3H3,(H,37,39)(H,35,36,38)/t20?,27-/m0/s1. The summed E-state index contributed by atoms with van der Waals surface area (Å²) in [6.07, 6.45) is -1.99. The zero-order valence-corrected chi connectivity index (χ0v) is 23.9. The van der Waals surface area contributed by atoms with Gasteiger partial charge in [0.2, 0.25) is 11.8 Å². The second-order valence-corrected chi connectivity index (χ2v) is 11.0. The molecule has 0 saturated carbocycles. The number of nitrogens with one attached hydrogen (secondary N) is 2. The van der Waals surface area contributed by atoms with E-state index >= 15 is 0 Å². The van der Waals surface area contributed by atoms with Crippen molar-refractivity contribution in [3.05, 3.63) is 71.4 Å². The van der Waals surface area contributed by atoms with Crippen LogP contribution in [-0.2, 0) is 38.1 Å². The zero-order chi connectivity index (χ0) is 30.8. The van der Waals surface area contributed by atoms with Gasteiger partial charge in [0.1, 0.15) is 35.8 Å². The Labute approximate surface area is 246 Å². The lowest BCUT2D eigenvalue weighted by atomic mass is 9.83. The van der Waals surface area contributed by atoms with Crippen LogP contribution in [0.1, 0.15) is 43.9 Å². The highest BCUT2D eigenvalue weighted by Crippen LogP contribution is 2.36. The summed E-state index contributed by atoms with van der Waals surface area (Å²) in [5.74, 6) is -0.551. The van der Waals surface area contributed by atoms with E-state index in [9.17, 15) is 22.8 Å². The van der Waals surface area contributed by atoms with Crippen LogP contribution < -0.4 is 20.1 Å². The molecule has 0 spiro atoms. The van der Waals surface area contributed by atoms with E-state index in [4.69, 9.17) is 18.9 Å². The maximum atomic E-state index is 13.7. The number of aromatic nitrogens is 1. The van der Waals surface area contributed by atoms with Gasteiger partial charge in [0.15, 0.2) is 5.79 Å². The first-order valence-electron chi connectivity index (χ1n) is 13.8. The Morgan fingerprint density at radius 1 is 1.02 bits per heavy atom. The summed E-state index contributed by atoms with van der Waals surface area (Å²) in [4.78, 5) is 28.7. The van der Waals surface area contributed by atoms with Crippen LogP contribution >= 0.6 is 0 Å². The molecule has 2 amide bonds. The maximum Gasteiger partial charge on any atom is 0.416 e. The number of carbonyl (C=O) groups excluding carboxylic acids is 2. The number of nitrogens with zero attached hydrogens (tertiary/aromatic N) is 1. The molecule has 1 unspecified atom stereocenters. The third-order valence-corrected chi connectivity index (χ3v) is 7.05. The molecule has 2 atom stereocenters. The summed E-state index contributed by atoms with van der Waals surface area (Å²) in [6.45, 7) is 5.12. The molecule has 0 radical (unpaired) electrons. The number of aryl methyl sites for hydroxylation is 1. The largest absolute Gasteiger partial charge is 0.491 e. The third kappa shape index (κ3) is 8.02. The summed E-state index contributed by atoms with van der Waals surface area (Å²) in [6, 6.07) is 12.0. The van der Waals surface area contributed by atoms with Crippen LogP contribution in [0.5, 0.6) is 17.2 Å². The number of carbonyl (C=O) groups is 2. The number of anilines is 2. The van der Waals surface area contributed by atoms with E-state index in [0.717, 1.165) is 23.3 Å². The zero-order valence-electron chi connectivity index (χ0n) is 23.9. The Hall–Kier alpha value is -4.16. The van der Waals surface area contributed by atoms with Gasteiger partial charge in [0.05, 0.1) is 12.2 Å². The molecule has 1 aliphatic heterocycles. The van der Waals surface area contributed by atoms with Gasteiger partial charge in [-0.3, -0.25) is 9.59 Å². The summed E-state index contributed by atoms with van der Waals surface area (Å²) < 4.78 is 63.7. The van der Waals surface area contributed by atoms with Gasteiger partial charge >= 0.3 is 6.18 Å². The molecule has 12 heteroatoms. The van der Waals surface area contributed by atoms with Crippen molar-refractivity contribution < 1.29 is 41.7 Å². The molecule has 1 aromatic heterocycles. The van der Waals surface area contributed by atoms with Crippen molar-refractivity contribution in [3.63, 3.8) is 0 Å². The fraction of sp³-hybridized carbons (Fsp3) is 0.387. The molecule has 228 valence electrons. The number of hydrogen-bond acceptors (Lipinski definition) is 7. The van der Waals surface area contributed by atoms with Crippen molar-refractivity contribution in [2.75, 3.05) is 23.8 Å². The Morgan fingerprint density at radius 3 is 2.53 bits per heavy atom. The minimum Gasteiger partial charge on any atom is -0.491 e. The highest BCUT2D eigenvalue weighted by Gasteiger charge is 2.34. The highest BCUT2D eigenvalue weighted by molar-refractivity contribution is 5.93. The Bertz CT molecular complexity index is 1510. The number of alkyl halides is 3. The van der Waals surface area contributed by atoms with E-state index in [1.807, 2.05) is 18.2 Å². The monoisotopic (exact) mass is 599 g/mol. The average Bonchev–Trinajstić information content (AvgIpc) is 3.29. The molecule has 0 bridgehead atoms. The fourth-order valence-electron chi connectivity index (χ4n) is 5.08. The molecule has 1 fully saturated rings. The van der Waals surface area contributed by atoms with E-state index in [2.05, 4.69) is 15.6 Å². The van der Waals surface area contributed by atoms with Gasteiger partial charge < -0.3 is 29.6 Å². The van der Waals surface area contributed by atoms with Crippen LogP contribution in [0.3, 0.4) is 0 Å². The predicted octanol–water partition coefficient (Wildman–Crippen LogP) is 6.13. The molecule has 3 aromatic rings. The summed E-state index contributed by atoms with van der Waals surface area (Å²) >= 11 is 0. The topological polar surface area (TPSA) is 108 Å². The molecule has 1 saturated heterocycles. The van der Waals surface area contributed by atoms with Gasteiger partial charge in [0, 0.05) is 36.9 Å². The van der Waals surface area contributed by atoms with Crippen molar-refractivity contribution in [1.82, 2.24) is 4.98 Å². The fourth-order valence-corrected chi connectivity index (χ4v) is 5.08. The van der Waals surface area contributed by atoms with Gasteiger partial charge in [-0.15, -0.1) is 0 Å². The third-order valence-electron chi connectivity index (χ3n) is 7.05. The molecule has 5 rings (SSSR count). The highest BCUT2D eigenvalue weighted by atomic mass is 19.4. The van der Waals surface area contributed by atoms with Gasteiger partial charge in [-0.1, -0.05) is 6.07 Å². The molecule has 43 heavy (non-hydrogen) atoms. The number of pyridine rings is 1. The number of benzene rings is 2. The smallest absolute Gasteiger partial charge is 0.416 e. The van der Waals surface area contributed by atoms with E-state index in [1.54, 1.807) is 26.0 Å². The number of halogens is 3. The number of hydrogen-bond donors (Lipinski definition) is 2. The van der Waals surface area contributed by atoms with Crippen LogP contribution in [0.15, 0.2) is 54.7 Å². The first-order valence-corrected chi connectivity index (χ1v) is 13.8. The van der Waals surface area contributed by atoms with Crippen LogP contribution in [0.25, 0.3) is 0 Å². The number of fused-ring (bicyclic) bond motifs is 1. The van der Waals surface area contributed by atoms with Crippen LogP contribution in [0, 0.1) is 5.92 Å². The molecule has 2 aromatic carbocycles. The van der Waals surface area contributed by atoms with Crippen LogP contribution in [0.2, 0.25) is 0 Å². The molecule has 1 aliphatic carbocycles. The second-order valence-electron chi connectivity index (χ2n) is 11.0. The van der Waals surface area contributed by atoms with Crippen molar-refractivity contribution in [3.8, 4) is 17.2 Å². The van der Waals surface area contributed by atoms with Crippen molar-refractivity contribution in [2.45, 2.75) is 58.1 Å². The molecule has 2 N–H and O–H groups in total. The van der Waals surface area contributed by atoms with E-state index in [0.29, 0.717) is 36.6 Å². The van der Waals surface area contributed by atoms with E-state index in [1.165, 1.54) is 19.2 Å². The first-order chi connectivity index (χ1) is 20.3. The van der Waals surface area contributed by atoms with Crippen LogP contribution in [-0.4, -0.2) is 41.9 Å². The summed E-state index contributed by atoms with van der Waals surface area (Å²) in [7, 11) is 0. The minimum absolute atomic E-state index is 0.00398. The SMILES string of the molecule is CC(=O)Nc1cc(Oc2ccc3c(c2)CC(C(=O)Nc2cc(OC[C@H]4COC(C)(C)O4)cc(C(F)(F)F)c2)CC3)ccn1. The van der Waals surface area contributed by atoms with E-state index in [-0.39, 0.29) is 36.5 Å². The van der Waals surface area contributed by atoms with Gasteiger partial charge in [-0.25, -0.2) is 4.98 Å². The quantitative estimate of drug-likeness (QED) is 0.321. The van der Waals surface area contributed by atoms with Gasteiger partial charge in [-0.2, -0.15) is 13.2 Å². The molecule has 2 aliphatic rings.